The second kappa shape index (κ2) is 3.25. The van der Waals surface area contributed by atoms with Crippen LogP contribution in [0.25, 0.3) is 0 Å². The summed E-state index contributed by atoms with van der Waals surface area (Å²) in [5, 5.41) is 0. The molecule has 0 unspecified atom stereocenters. The van der Waals surface area contributed by atoms with Crippen molar-refractivity contribution in [2.75, 3.05) is 7.11 Å². The number of Topliss-reactive ketones (excluding diaryl/α,β-unsaturated/α-hetero) is 1. The van der Waals surface area contributed by atoms with Gasteiger partial charge in [0.2, 0.25) is 0 Å². The van der Waals surface area contributed by atoms with Gasteiger partial charge in [-0.1, -0.05) is 12.8 Å². The molecular formula is C9H14O3. The van der Waals surface area contributed by atoms with Crippen molar-refractivity contribution in [1.82, 2.24) is 0 Å². The summed E-state index contributed by atoms with van der Waals surface area (Å²) >= 11 is 0. The molecule has 3 heteroatoms. The maximum absolute atomic E-state index is 11.3. The minimum atomic E-state index is -0.797. The van der Waals surface area contributed by atoms with Crippen LogP contribution in [0.4, 0.5) is 0 Å². The zero-order chi connectivity index (χ0) is 9.19. The van der Waals surface area contributed by atoms with Crippen LogP contribution in [0.3, 0.4) is 0 Å². The van der Waals surface area contributed by atoms with Crippen LogP contribution in [0.5, 0.6) is 0 Å². The second-order valence-electron chi connectivity index (χ2n) is 3.34. The van der Waals surface area contributed by atoms with E-state index in [9.17, 15) is 9.59 Å². The number of hydrogen-bond donors (Lipinski definition) is 0. The highest BCUT2D eigenvalue weighted by Crippen LogP contribution is 2.39. The van der Waals surface area contributed by atoms with Crippen LogP contribution >= 0.6 is 0 Å². The lowest BCUT2D eigenvalue weighted by atomic mass is 9.82. The quantitative estimate of drug-likeness (QED) is 0.463. The van der Waals surface area contributed by atoms with E-state index in [1.165, 1.54) is 14.0 Å². The zero-order valence-corrected chi connectivity index (χ0v) is 7.55. The molecule has 0 aromatic heterocycles. The van der Waals surface area contributed by atoms with Gasteiger partial charge >= 0.3 is 5.97 Å². The molecule has 0 amide bonds. The van der Waals surface area contributed by atoms with Crippen molar-refractivity contribution in [3.63, 3.8) is 0 Å². The maximum atomic E-state index is 11.3. The van der Waals surface area contributed by atoms with E-state index in [4.69, 9.17) is 0 Å². The van der Waals surface area contributed by atoms with E-state index in [1.54, 1.807) is 0 Å². The van der Waals surface area contributed by atoms with E-state index >= 15 is 0 Å². The largest absolute Gasteiger partial charge is 0.468 e. The van der Waals surface area contributed by atoms with Crippen molar-refractivity contribution in [2.45, 2.75) is 32.6 Å². The number of carbonyl (C=O) groups is 2. The highest BCUT2D eigenvalue weighted by molar-refractivity contribution is 6.02. The molecule has 0 N–H and O–H groups in total. The van der Waals surface area contributed by atoms with Gasteiger partial charge in [-0.25, -0.2) is 0 Å². The molecule has 68 valence electrons. The van der Waals surface area contributed by atoms with E-state index in [-0.39, 0.29) is 11.8 Å². The first-order chi connectivity index (χ1) is 5.63. The van der Waals surface area contributed by atoms with Crippen LogP contribution in [-0.4, -0.2) is 18.9 Å². The Bertz CT molecular complexity index is 202. The Morgan fingerprint density at radius 1 is 1.25 bits per heavy atom. The average Bonchev–Trinajstić information content (AvgIpc) is 2.52. The number of rotatable bonds is 2. The highest BCUT2D eigenvalue weighted by Gasteiger charge is 2.46. The summed E-state index contributed by atoms with van der Waals surface area (Å²) in [5.41, 5.74) is -0.797. The number of ether oxygens (including phenoxy) is 1. The molecule has 1 rings (SSSR count). The standard InChI is InChI=1S/C9H14O3/c1-7(10)9(8(11)12-2)5-3-4-6-9/h3-6H2,1-2H3. The SMILES string of the molecule is COC(=O)C1(C(C)=O)CCCC1. The molecule has 0 aromatic rings. The van der Waals surface area contributed by atoms with Gasteiger partial charge in [-0.05, 0) is 19.8 Å². The van der Waals surface area contributed by atoms with Gasteiger partial charge in [0.15, 0.2) is 0 Å². The Morgan fingerprint density at radius 2 is 1.75 bits per heavy atom. The Hall–Kier alpha value is -0.860. The van der Waals surface area contributed by atoms with Crippen LogP contribution in [0.15, 0.2) is 0 Å². The fourth-order valence-corrected chi connectivity index (χ4v) is 1.87. The van der Waals surface area contributed by atoms with E-state index in [1.807, 2.05) is 0 Å². The zero-order valence-electron chi connectivity index (χ0n) is 7.55. The average molecular weight is 170 g/mol. The summed E-state index contributed by atoms with van der Waals surface area (Å²) in [6.45, 7) is 1.47. The lowest BCUT2D eigenvalue weighted by Gasteiger charge is -2.21. The van der Waals surface area contributed by atoms with Gasteiger partial charge in [-0.2, -0.15) is 0 Å². The molecule has 0 saturated heterocycles. The molecule has 0 heterocycles. The van der Waals surface area contributed by atoms with Crippen molar-refractivity contribution < 1.29 is 14.3 Å². The van der Waals surface area contributed by atoms with Crippen LogP contribution in [0, 0.1) is 5.41 Å². The molecule has 0 radical (unpaired) electrons. The first-order valence-electron chi connectivity index (χ1n) is 4.23. The lowest BCUT2D eigenvalue weighted by Crippen LogP contribution is -2.36. The van der Waals surface area contributed by atoms with Gasteiger partial charge in [-0.15, -0.1) is 0 Å². The normalized spacial score (nSPS) is 20.5. The van der Waals surface area contributed by atoms with E-state index < -0.39 is 5.41 Å². The molecule has 1 aliphatic rings. The maximum Gasteiger partial charge on any atom is 0.319 e. The fraction of sp³-hybridized carbons (Fsp3) is 0.778. The van der Waals surface area contributed by atoms with Crippen molar-refractivity contribution in [1.29, 1.82) is 0 Å². The lowest BCUT2D eigenvalue weighted by molar-refractivity contribution is -0.157. The molecule has 0 bridgehead atoms. The van der Waals surface area contributed by atoms with Crippen LogP contribution in [0.2, 0.25) is 0 Å². The minimum Gasteiger partial charge on any atom is -0.468 e. The van der Waals surface area contributed by atoms with Gasteiger partial charge in [0.25, 0.3) is 0 Å². The molecule has 0 atom stereocenters. The van der Waals surface area contributed by atoms with Gasteiger partial charge in [0.05, 0.1) is 7.11 Å². The third-order valence-electron chi connectivity index (χ3n) is 2.71. The summed E-state index contributed by atoms with van der Waals surface area (Å²) in [6, 6.07) is 0. The van der Waals surface area contributed by atoms with Crippen LogP contribution in [0.1, 0.15) is 32.6 Å². The fourth-order valence-electron chi connectivity index (χ4n) is 1.87. The molecule has 3 nitrogen and oxygen atoms in total. The number of methoxy groups -OCH3 is 1. The summed E-state index contributed by atoms with van der Waals surface area (Å²) in [4.78, 5) is 22.6. The third kappa shape index (κ3) is 1.24. The Kier molecular flexibility index (Phi) is 2.50. The van der Waals surface area contributed by atoms with Crippen LogP contribution in [-0.2, 0) is 14.3 Å². The molecule has 0 spiro atoms. The Labute approximate surface area is 72.1 Å². The van der Waals surface area contributed by atoms with E-state index in [0.29, 0.717) is 12.8 Å². The Balaban J connectivity index is 2.86. The van der Waals surface area contributed by atoms with E-state index in [2.05, 4.69) is 4.74 Å². The minimum absolute atomic E-state index is 0.0492. The molecule has 0 aliphatic heterocycles. The summed E-state index contributed by atoms with van der Waals surface area (Å²) in [7, 11) is 1.34. The summed E-state index contributed by atoms with van der Waals surface area (Å²) in [6.07, 6.45) is 3.23. The first-order valence-corrected chi connectivity index (χ1v) is 4.23. The number of ketones is 1. The van der Waals surface area contributed by atoms with Gasteiger partial charge in [0.1, 0.15) is 11.2 Å². The van der Waals surface area contributed by atoms with Crippen molar-refractivity contribution in [2.24, 2.45) is 5.41 Å². The number of esters is 1. The van der Waals surface area contributed by atoms with Gasteiger partial charge in [0, 0.05) is 0 Å². The molecule has 1 aliphatic carbocycles. The molecular weight excluding hydrogens is 156 g/mol. The predicted molar refractivity (Wildman–Crippen MR) is 43.6 cm³/mol. The van der Waals surface area contributed by atoms with Crippen molar-refractivity contribution in [3.8, 4) is 0 Å². The predicted octanol–water partition coefficient (Wildman–Crippen LogP) is 1.31. The van der Waals surface area contributed by atoms with Crippen molar-refractivity contribution in [3.05, 3.63) is 0 Å². The monoisotopic (exact) mass is 170 g/mol. The van der Waals surface area contributed by atoms with Crippen LogP contribution < -0.4 is 0 Å². The smallest absolute Gasteiger partial charge is 0.319 e. The summed E-state index contributed by atoms with van der Waals surface area (Å²) < 4.78 is 4.64. The molecule has 0 aromatic carbocycles. The Morgan fingerprint density at radius 3 is 2.08 bits per heavy atom. The second-order valence-corrected chi connectivity index (χ2v) is 3.34. The van der Waals surface area contributed by atoms with Gasteiger partial charge in [-0.3, -0.25) is 9.59 Å². The topological polar surface area (TPSA) is 43.4 Å². The summed E-state index contributed by atoms with van der Waals surface area (Å²) in [5.74, 6) is -0.403. The first kappa shape index (κ1) is 9.23. The van der Waals surface area contributed by atoms with E-state index in [0.717, 1.165) is 12.8 Å². The third-order valence-corrected chi connectivity index (χ3v) is 2.71. The molecule has 1 saturated carbocycles. The highest BCUT2D eigenvalue weighted by atomic mass is 16.5. The molecule has 1 fully saturated rings. The number of carbonyl (C=O) groups excluding carboxylic acids is 2. The van der Waals surface area contributed by atoms with Gasteiger partial charge < -0.3 is 4.74 Å². The molecule has 12 heavy (non-hydrogen) atoms. The van der Waals surface area contributed by atoms with Crippen molar-refractivity contribution >= 4 is 11.8 Å². The number of hydrogen-bond acceptors (Lipinski definition) is 3.